The van der Waals surface area contributed by atoms with Crippen LogP contribution in [0.25, 0.3) is 0 Å². The first-order chi connectivity index (χ1) is 9.74. The van der Waals surface area contributed by atoms with E-state index in [-0.39, 0.29) is 30.8 Å². The Hall–Kier alpha value is -1.59. The quantitative estimate of drug-likeness (QED) is 0.547. The molecule has 2 fully saturated rings. The minimum absolute atomic E-state index is 0.0241. The largest absolute Gasteiger partial charge is 0.444 e. The van der Waals surface area contributed by atoms with Gasteiger partial charge in [-0.25, -0.2) is 4.79 Å². The SMILES string of the molecule is CC(C)(C)OC(=O)N1CCCC(C2CC(=O)OC(=O)C2)C1. The number of nitrogens with zero attached hydrogens (tertiary/aromatic N) is 1. The molecular weight excluding hydrogens is 274 g/mol. The van der Waals surface area contributed by atoms with E-state index in [0.717, 1.165) is 12.8 Å². The Morgan fingerprint density at radius 1 is 1.19 bits per heavy atom. The van der Waals surface area contributed by atoms with E-state index < -0.39 is 17.5 Å². The van der Waals surface area contributed by atoms with Gasteiger partial charge in [0.25, 0.3) is 0 Å². The molecule has 118 valence electrons. The van der Waals surface area contributed by atoms with Gasteiger partial charge in [-0.05, 0) is 45.4 Å². The summed E-state index contributed by atoms with van der Waals surface area (Å²) in [7, 11) is 0. The van der Waals surface area contributed by atoms with Crippen molar-refractivity contribution in [3.05, 3.63) is 0 Å². The smallest absolute Gasteiger partial charge is 0.410 e. The van der Waals surface area contributed by atoms with Gasteiger partial charge in [-0.2, -0.15) is 0 Å². The van der Waals surface area contributed by atoms with E-state index in [0.29, 0.717) is 13.1 Å². The van der Waals surface area contributed by atoms with Crippen LogP contribution in [0.5, 0.6) is 0 Å². The Balaban J connectivity index is 1.95. The van der Waals surface area contributed by atoms with Crippen LogP contribution < -0.4 is 0 Å². The Labute approximate surface area is 124 Å². The second-order valence-electron chi connectivity index (χ2n) is 6.84. The fourth-order valence-corrected chi connectivity index (χ4v) is 2.93. The lowest BCUT2D eigenvalue weighted by Crippen LogP contribution is -2.45. The van der Waals surface area contributed by atoms with Gasteiger partial charge < -0.3 is 14.4 Å². The number of rotatable bonds is 1. The number of carbonyl (C=O) groups excluding carboxylic acids is 3. The maximum absolute atomic E-state index is 12.1. The van der Waals surface area contributed by atoms with Crippen molar-refractivity contribution in [2.45, 2.75) is 52.1 Å². The lowest BCUT2D eigenvalue weighted by molar-refractivity contribution is -0.166. The van der Waals surface area contributed by atoms with Crippen LogP contribution in [0.15, 0.2) is 0 Å². The van der Waals surface area contributed by atoms with Gasteiger partial charge in [0.15, 0.2) is 0 Å². The first-order valence-corrected chi connectivity index (χ1v) is 7.46. The summed E-state index contributed by atoms with van der Waals surface area (Å²) in [6.45, 7) is 6.71. The number of esters is 2. The third-order valence-electron chi connectivity index (χ3n) is 3.86. The molecule has 21 heavy (non-hydrogen) atoms. The Bertz CT molecular complexity index is 424. The first kappa shape index (κ1) is 15.8. The van der Waals surface area contributed by atoms with Crippen molar-refractivity contribution in [2.75, 3.05) is 13.1 Å². The molecule has 0 aromatic rings. The third kappa shape index (κ3) is 4.44. The Morgan fingerprint density at radius 3 is 2.38 bits per heavy atom. The average Bonchev–Trinajstić information content (AvgIpc) is 2.36. The molecule has 2 saturated heterocycles. The van der Waals surface area contributed by atoms with Gasteiger partial charge in [-0.3, -0.25) is 9.59 Å². The number of cyclic esters (lactones) is 2. The van der Waals surface area contributed by atoms with E-state index in [1.807, 2.05) is 20.8 Å². The molecule has 6 nitrogen and oxygen atoms in total. The van der Waals surface area contributed by atoms with E-state index in [9.17, 15) is 14.4 Å². The van der Waals surface area contributed by atoms with Crippen LogP contribution in [-0.2, 0) is 19.1 Å². The van der Waals surface area contributed by atoms with E-state index in [2.05, 4.69) is 4.74 Å². The van der Waals surface area contributed by atoms with Crippen molar-refractivity contribution in [2.24, 2.45) is 11.8 Å². The van der Waals surface area contributed by atoms with Crippen LogP contribution >= 0.6 is 0 Å². The summed E-state index contributed by atoms with van der Waals surface area (Å²) in [6.07, 6.45) is 1.99. The van der Waals surface area contributed by atoms with Crippen molar-refractivity contribution in [1.82, 2.24) is 4.90 Å². The topological polar surface area (TPSA) is 72.9 Å². The zero-order chi connectivity index (χ0) is 15.6. The van der Waals surface area contributed by atoms with Crippen molar-refractivity contribution in [3.8, 4) is 0 Å². The summed E-state index contributed by atoms with van der Waals surface area (Å²) in [5.41, 5.74) is -0.519. The first-order valence-electron chi connectivity index (χ1n) is 7.46. The Kier molecular flexibility index (Phi) is 4.54. The van der Waals surface area contributed by atoms with Gasteiger partial charge >= 0.3 is 18.0 Å². The van der Waals surface area contributed by atoms with Gasteiger partial charge in [-0.15, -0.1) is 0 Å². The van der Waals surface area contributed by atoms with Crippen LogP contribution in [-0.4, -0.2) is 41.6 Å². The highest BCUT2D eigenvalue weighted by Crippen LogP contribution is 2.32. The maximum Gasteiger partial charge on any atom is 0.410 e. The lowest BCUT2D eigenvalue weighted by atomic mass is 9.80. The molecule has 0 radical (unpaired) electrons. The van der Waals surface area contributed by atoms with Crippen LogP contribution in [0.3, 0.4) is 0 Å². The second-order valence-corrected chi connectivity index (χ2v) is 6.84. The van der Waals surface area contributed by atoms with Gasteiger partial charge in [-0.1, -0.05) is 0 Å². The zero-order valence-electron chi connectivity index (χ0n) is 12.9. The summed E-state index contributed by atoms with van der Waals surface area (Å²) in [6, 6.07) is 0. The van der Waals surface area contributed by atoms with Crippen LogP contribution in [0.1, 0.15) is 46.5 Å². The number of amides is 1. The number of likely N-dealkylation sites (tertiary alicyclic amines) is 1. The molecule has 6 heteroatoms. The van der Waals surface area contributed by atoms with E-state index >= 15 is 0 Å². The predicted octanol–water partition coefficient (Wildman–Crippen LogP) is 2.11. The molecule has 2 rings (SSSR count). The van der Waals surface area contributed by atoms with E-state index in [1.165, 1.54) is 0 Å². The highest BCUT2D eigenvalue weighted by molar-refractivity contribution is 5.88. The molecule has 2 aliphatic heterocycles. The summed E-state index contributed by atoms with van der Waals surface area (Å²) in [5, 5.41) is 0. The van der Waals surface area contributed by atoms with Crippen molar-refractivity contribution >= 4 is 18.0 Å². The minimum Gasteiger partial charge on any atom is -0.444 e. The van der Waals surface area contributed by atoms with Gasteiger partial charge in [0, 0.05) is 25.9 Å². The van der Waals surface area contributed by atoms with Gasteiger partial charge in [0.05, 0.1) is 0 Å². The molecule has 0 aromatic carbocycles. The molecule has 0 spiro atoms. The monoisotopic (exact) mass is 297 g/mol. The summed E-state index contributed by atoms with van der Waals surface area (Å²) in [5.74, 6) is -0.775. The van der Waals surface area contributed by atoms with E-state index in [1.54, 1.807) is 4.90 Å². The standard InChI is InChI=1S/C15H23NO5/c1-15(2,3)21-14(19)16-6-4-5-10(9-16)11-7-12(17)20-13(18)8-11/h10-11H,4-9H2,1-3H3. The maximum atomic E-state index is 12.1. The third-order valence-corrected chi connectivity index (χ3v) is 3.86. The molecule has 0 N–H and O–H groups in total. The molecule has 0 aliphatic carbocycles. The van der Waals surface area contributed by atoms with Crippen molar-refractivity contribution in [3.63, 3.8) is 0 Å². The number of hydrogen-bond acceptors (Lipinski definition) is 5. The summed E-state index contributed by atoms with van der Waals surface area (Å²) in [4.78, 5) is 36.6. The summed E-state index contributed by atoms with van der Waals surface area (Å²) >= 11 is 0. The van der Waals surface area contributed by atoms with Gasteiger partial charge in [0.2, 0.25) is 0 Å². The highest BCUT2D eigenvalue weighted by atomic mass is 16.6. The molecule has 0 bridgehead atoms. The molecule has 1 amide bonds. The fourth-order valence-electron chi connectivity index (χ4n) is 2.93. The van der Waals surface area contributed by atoms with Crippen LogP contribution in [0.4, 0.5) is 4.79 Å². The number of ether oxygens (including phenoxy) is 2. The number of hydrogen-bond donors (Lipinski definition) is 0. The minimum atomic E-state index is -0.519. The molecule has 1 unspecified atom stereocenters. The summed E-state index contributed by atoms with van der Waals surface area (Å²) < 4.78 is 9.95. The molecule has 0 saturated carbocycles. The van der Waals surface area contributed by atoms with Crippen LogP contribution in [0, 0.1) is 11.8 Å². The zero-order valence-corrected chi connectivity index (χ0v) is 12.9. The van der Waals surface area contributed by atoms with E-state index in [4.69, 9.17) is 4.74 Å². The van der Waals surface area contributed by atoms with Gasteiger partial charge in [0.1, 0.15) is 5.60 Å². The Morgan fingerprint density at radius 2 is 1.81 bits per heavy atom. The fraction of sp³-hybridized carbons (Fsp3) is 0.800. The van der Waals surface area contributed by atoms with Crippen LogP contribution in [0.2, 0.25) is 0 Å². The molecule has 2 heterocycles. The van der Waals surface area contributed by atoms with Crippen molar-refractivity contribution in [1.29, 1.82) is 0 Å². The lowest BCUT2D eigenvalue weighted by Gasteiger charge is -2.37. The second kappa shape index (κ2) is 6.03. The molecule has 1 atom stereocenters. The number of carbonyl (C=O) groups is 3. The normalized spacial score (nSPS) is 24.7. The number of piperidine rings is 1. The van der Waals surface area contributed by atoms with Crippen molar-refractivity contribution < 1.29 is 23.9 Å². The molecule has 0 aromatic heterocycles. The molecular formula is C15H23NO5. The average molecular weight is 297 g/mol. The predicted molar refractivity (Wildman–Crippen MR) is 74.4 cm³/mol. The molecule has 2 aliphatic rings. The highest BCUT2D eigenvalue weighted by Gasteiger charge is 2.36.